The fraction of sp³-hybridized carbons (Fsp3) is 0.500. The van der Waals surface area contributed by atoms with E-state index < -0.39 is 10.8 Å². The molecule has 2 amide bonds. The predicted octanol–water partition coefficient (Wildman–Crippen LogP) is 3.56. The quantitative estimate of drug-likeness (QED) is 0.867. The Morgan fingerprint density at radius 1 is 1.31 bits per heavy atom. The second-order valence-corrected chi connectivity index (χ2v) is 9.58. The lowest BCUT2D eigenvalue weighted by molar-refractivity contribution is 0.210. The molecule has 0 saturated carbocycles. The maximum absolute atomic E-state index is 12.5. The molecule has 0 radical (unpaired) electrons. The van der Waals surface area contributed by atoms with Gasteiger partial charge in [-0.3, -0.25) is 9.53 Å². The molecular formula is C18H24N4O2S2. The van der Waals surface area contributed by atoms with Crippen LogP contribution in [0.15, 0.2) is 24.3 Å². The largest absolute Gasteiger partial charge is 0.323 e. The van der Waals surface area contributed by atoms with Gasteiger partial charge >= 0.3 is 6.03 Å². The molecule has 3 rings (SSSR count). The zero-order chi connectivity index (χ0) is 18.7. The molecule has 0 spiro atoms. The van der Waals surface area contributed by atoms with Crippen LogP contribution in [0, 0.1) is 5.92 Å². The number of nitrogens with one attached hydrogen (secondary N) is 1. The standard InChI is InChI=1S/C18H24N4O2S2/c1-12(2)14-4-6-15(7-5-14)16-20-21-17(25-16)19-18(23)22-8-9-26(24)11-13(3)10-22/h4-7,12-13H,8-11H2,1-3H3,(H,19,21,23). The molecule has 26 heavy (non-hydrogen) atoms. The number of amides is 2. The molecule has 2 atom stereocenters. The topological polar surface area (TPSA) is 75.2 Å². The lowest BCUT2D eigenvalue weighted by atomic mass is 10.0. The molecule has 140 valence electrons. The summed E-state index contributed by atoms with van der Waals surface area (Å²) in [6.07, 6.45) is 0. The fourth-order valence-corrected chi connectivity index (χ4v) is 4.96. The molecule has 0 bridgehead atoms. The summed E-state index contributed by atoms with van der Waals surface area (Å²) < 4.78 is 11.8. The zero-order valence-corrected chi connectivity index (χ0v) is 16.9. The Balaban J connectivity index is 1.66. The molecule has 1 fully saturated rings. The summed E-state index contributed by atoms with van der Waals surface area (Å²) in [7, 11) is -0.845. The molecule has 1 aliphatic rings. The van der Waals surface area contributed by atoms with Gasteiger partial charge in [0.25, 0.3) is 0 Å². The van der Waals surface area contributed by atoms with E-state index in [4.69, 9.17) is 0 Å². The van der Waals surface area contributed by atoms with Crippen molar-refractivity contribution < 1.29 is 9.00 Å². The maximum atomic E-state index is 12.5. The third kappa shape index (κ3) is 4.67. The minimum absolute atomic E-state index is 0.200. The van der Waals surface area contributed by atoms with Crippen LogP contribution >= 0.6 is 11.3 Å². The van der Waals surface area contributed by atoms with Crippen molar-refractivity contribution in [3.05, 3.63) is 29.8 Å². The van der Waals surface area contributed by atoms with Gasteiger partial charge in [0.1, 0.15) is 5.01 Å². The number of aromatic nitrogens is 2. The smallest absolute Gasteiger partial charge is 0.323 e. The Morgan fingerprint density at radius 3 is 2.73 bits per heavy atom. The average molecular weight is 393 g/mol. The SMILES string of the molecule is CC1CN(C(=O)Nc2nnc(-c3ccc(C(C)C)cc3)s2)CCS(=O)C1. The van der Waals surface area contributed by atoms with E-state index in [2.05, 4.69) is 41.5 Å². The summed E-state index contributed by atoms with van der Waals surface area (Å²) in [5, 5.41) is 12.4. The molecule has 1 aliphatic heterocycles. The van der Waals surface area contributed by atoms with E-state index in [1.807, 2.05) is 19.1 Å². The third-order valence-electron chi connectivity index (χ3n) is 4.34. The number of rotatable bonds is 3. The Kier molecular flexibility index (Phi) is 6.03. The first-order valence-electron chi connectivity index (χ1n) is 8.77. The fourth-order valence-electron chi connectivity index (χ4n) is 2.89. The number of anilines is 1. The van der Waals surface area contributed by atoms with Crippen molar-refractivity contribution >= 4 is 33.3 Å². The number of urea groups is 1. The van der Waals surface area contributed by atoms with Crippen molar-refractivity contribution in [3.63, 3.8) is 0 Å². The average Bonchev–Trinajstić information content (AvgIpc) is 2.99. The van der Waals surface area contributed by atoms with Gasteiger partial charge in [-0.2, -0.15) is 0 Å². The molecule has 1 aromatic carbocycles. The first-order chi connectivity index (χ1) is 12.4. The zero-order valence-electron chi connectivity index (χ0n) is 15.3. The number of hydrogen-bond donors (Lipinski definition) is 1. The minimum atomic E-state index is -0.845. The van der Waals surface area contributed by atoms with Gasteiger partial charge in [0, 0.05) is 41.0 Å². The van der Waals surface area contributed by atoms with Gasteiger partial charge in [-0.05, 0) is 17.4 Å². The Hall–Kier alpha value is -1.80. The van der Waals surface area contributed by atoms with Crippen molar-refractivity contribution in [1.82, 2.24) is 15.1 Å². The number of benzene rings is 1. The molecule has 1 N–H and O–H groups in total. The number of carbonyl (C=O) groups is 1. The maximum Gasteiger partial charge on any atom is 0.323 e. The van der Waals surface area contributed by atoms with E-state index in [-0.39, 0.29) is 11.9 Å². The van der Waals surface area contributed by atoms with Crippen LogP contribution in [0.3, 0.4) is 0 Å². The minimum Gasteiger partial charge on any atom is -0.323 e. The highest BCUT2D eigenvalue weighted by atomic mass is 32.2. The molecule has 2 unspecified atom stereocenters. The monoisotopic (exact) mass is 392 g/mol. The molecule has 1 saturated heterocycles. The van der Waals surface area contributed by atoms with E-state index in [0.29, 0.717) is 35.6 Å². The molecule has 0 aliphatic carbocycles. The Bertz CT molecular complexity index is 789. The van der Waals surface area contributed by atoms with Crippen molar-refractivity contribution in [2.45, 2.75) is 26.7 Å². The lowest BCUT2D eigenvalue weighted by Crippen LogP contribution is -2.38. The van der Waals surface area contributed by atoms with Crippen LogP contribution in [0.2, 0.25) is 0 Å². The first-order valence-corrected chi connectivity index (χ1v) is 11.1. The van der Waals surface area contributed by atoms with Crippen molar-refractivity contribution in [2.75, 3.05) is 29.9 Å². The summed E-state index contributed by atoms with van der Waals surface area (Å²) in [5.41, 5.74) is 2.27. The lowest BCUT2D eigenvalue weighted by Gasteiger charge is -2.21. The van der Waals surface area contributed by atoms with Gasteiger partial charge in [-0.25, -0.2) is 4.79 Å². The molecule has 8 heteroatoms. The highest BCUT2D eigenvalue weighted by Gasteiger charge is 2.23. The Labute approximate surface area is 160 Å². The predicted molar refractivity (Wildman–Crippen MR) is 107 cm³/mol. The molecule has 6 nitrogen and oxygen atoms in total. The van der Waals surface area contributed by atoms with Crippen molar-refractivity contribution in [2.24, 2.45) is 5.92 Å². The molecule has 2 heterocycles. The van der Waals surface area contributed by atoms with E-state index in [1.165, 1.54) is 16.9 Å². The van der Waals surface area contributed by atoms with Crippen LogP contribution in [-0.2, 0) is 10.8 Å². The summed E-state index contributed by atoms with van der Waals surface area (Å²) in [6, 6.07) is 8.06. The van der Waals surface area contributed by atoms with Gasteiger partial charge in [0.15, 0.2) is 0 Å². The summed E-state index contributed by atoms with van der Waals surface area (Å²) in [5.74, 6) is 1.90. The molecule has 2 aromatic rings. The number of hydrogen-bond acceptors (Lipinski definition) is 5. The van der Waals surface area contributed by atoms with Crippen molar-refractivity contribution in [1.29, 1.82) is 0 Å². The van der Waals surface area contributed by atoms with E-state index in [1.54, 1.807) is 4.90 Å². The van der Waals surface area contributed by atoms with E-state index >= 15 is 0 Å². The summed E-state index contributed by atoms with van der Waals surface area (Å²) in [6.45, 7) is 7.46. The summed E-state index contributed by atoms with van der Waals surface area (Å²) in [4.78, 5) is 14.2. The van der Waals surface area contributed by atoms with Gasteiger partial charge < -0.3 is 4.90 Å². The van der Waals surface area contributed by atoms with Crippen LogP contribution in [0.5, 0.6) is 0 Å². The van der Waals surface area contributed by atoms with E-state index in [0.717, 1.165) is 10.6 Å². The highest BCUT2D eigenvalue weighted by Crippen LogP contribution is 2.28. The van der Waals surface area contributed by atoms with Crippen LogP contribution in [0.25, 0.3) is 10.6 Å². The van der Waals surface area contributed by atoms with Gasteiger partial charge in [0.05, 0.1) is 0 Å². The van der Waals surface area contributed by atoms with Crippen LogP contribution < -0.4 is 5.32 Å². The van der Waals surface area contributed by atoms with Crippen LogP contribution in [0.1, 0.15) is 32.3 Å². The normalized spacial score (nSPS) is 20.8. The highest BCUT2D eigenvalue weighted by molar-refractivity contribution is 7.85. The van der Waals surface area contributed by atoms with Crippen LogP contribution in [0.4, 0.5) is 9.93 Å². The van der Waals surface area contributed by atoms with Gasteiger partial charge in [0.2, 0.25) is 5.13 Å². The second kappa shape index (κ2) is 8.26. The third-order valence-corrected chi connectivity index (χ3v) is 6.81. The summed E-state index contributed by atoms with van der Waals surface area (Å²) >= 11 is 1.36. The van der Waals surface area contributed by atoms with E-state index in [9.17, 15) is 9.00 Å². The van der Waals surface area contributed by atoms with Gasteiger partial charge in [-0.1, -0.05) is 56.4 Å². The van der Waals surface area contributed by atoms with Crippen molar-refractivity contribution in [3.8, 4) is 10.6 Å². The number of carbonyl (C=O) groups excluding carboxylic acids is 1. The number of nitrogens with zero attached hydrogens (tertiary/aromatic N) is 3. The first kappa shape index (κ1) is 19.0. The van der Waals surface area contributed by atoms with Crippen LogP contribution in [-0.4, -0.2) is 49.9 Å². The second-order valence-electron chi connectivity index (χ2n) is 6.98. The Morgan fingerprint density at radius 2 is 2.04 bits per heavy atom. The van der Waals surface area contributed by atoms with Gasteiger partial charge in [-0.15, -0.1) is 10.2 Å². The molecular weight excluding hydrogens is 368 g/mol. The molecule has 1 aromatic heterocycles.